The van der Waals surface area contributed by atoms with E-state index < -0.39 is 0 Å². The molecule has 0 saturated carbocycles. The molecule has 1 aromatic rings. The molecule has 4 nitrogen and oxygen atoms in total. The number of aliphatic hydroxyl groups is 1. The molecule has 3 N–H and O–H groups in total. The highest BCUT2D eigenvalue weighted by molar-refractivity contribution is 5.78. The van der Waals surface area contributed by atoms with Gasteiger partial charge in [-0.05, 0) is 57.6 Å². The van der Waals surface area contributed by atoms with Gasteiger partial charge in [0.05, 0.1) is 12.4 Å². The van der Waals surface area contributed by atoms with Gasteiger partial charge in [-0.2, -0.15) is 0 Å². The van der Waals surface area contributed by atoms with E-state index in [-0.39, 0.29) is 12.0 Å². The Morgan fingerprint density at radius 3 is 2.73 bits per heavy atom. The van der Waals surface area contributed by atoms with Gasteiger partial charge in [-0.1, -0.05) is 36.9 Å². The third kappa shape index (κ3) is 6.03. The van der Waals surface area contributed by atoms with E-state index in [1.165, 1.54) is 5.56 Å². The zero-order valence-electron chi connectivity index (χ0n) is 16.2. The van der Waals surface area contributed by atoms with Crippen LogP contribution in [0.5, 0.6) is 0 Å². The fraction of sp³-hybridized carbons (Fsp3) is 0.500. The molecule has 0 aliphatic carbocycles. The zero-order valence-corrected chi connectivity index (χ0v) is 16.2. The van der Waals surface area contributed by atoms with Crippen LogP contribution >= 0.6 is 0 Å². The van der Waals surface area contributed by atoms with Crippen molar-refractivity contribution in [3.8, 4) is 0 Å². The largest absolute Gasteiger partial charge is 0.396 e. The second-order valence-corrected chi connectivity index (χ2v) is 7.55. The Bertz CT molecular complexity index is 647. The molecule has 1 unspecified atom stereocenters. The van der Waals surface area contributed by atoms with Crippen molar-refractivity contribution in [2.45, 2.75) is 46.0 Å². The van der Waals surface area contributed by atoms with Gasteiger partial charge >= 0.3 is 0 Å². The average molecular weight is 356 g/mol. The van der Waals surface area contributed by atoms with Gasteiger partial charge in [0.1, 0.15) is 0 Å². The van der Waals surface area contributed by atoms with Crippen LogP contribution in [-0.2, 0) is 6.42 Å². The summed E-state index contributed by atoms with van der Waals surface area (Å²) >= 11 is 0. The third-order valence-corrected chi connectivity index (χ3v) is 5.15. The Kier molecular flexibility index (Phi) is 7.46. The molecule has 142 valence electrons. The van der Waals surface area contributed by atoms with E-state index in [9.17, 15) is 5.11 Å². The van der Waals surface area contributed by atoms with Crippen LogP contribution < -0.4 is 5.73 Å². The Morgan fingerprint density at radius 2 is 2.08 bits per heavy atom. The van der Waals surface area contributed by atoms with Crippen LogP contribution in [0.2, 0.25) is 0 Å². The first-order valence-electron chi connectivity index (χ1n) is 9.52. The summed E-state index contributed by atoms with van der Waals surface area (Å²) in [7, 11) is 0. The Morgan fingerprint density at radius 1 is 1.35 bits per heavy atom. The summed E-state index contributed by atoms with van der Waals surface area (Å²) in [5, 5.41) is 10.1. The van der Waals surface area contributed by atoms with E-state index in [0.717, 1.165) is 56.6 Å². The summed E-state index contributed by atoms with van der Waals surface area (Å²) in [6.07, 6.45) is 7.32. The molecule has 0 radical (unpaired) electrons. The minimum Gasteiger partial charge on any atom is -0.396 e. The highest BCUT2D eigenvalue weighted by Gasteiger charge is 2.34. The molecule has 2 rings (SSSR count). The number of hydrogen-bond donors (Lipinski definition) is 2. The zero-order chi connectivity index (χ0) is 19.0. The second kappa shape index (κ2) is 9.58. The fourth-order valence-corrected chi connectivity index (χ4v) is 3.82. The maximum absolute atomic E-state index is 10.1. The highest BCUT2D eigenvalue weighted by Crippen LogP contribution is 2.36. The Labute approximate surface area is 158 Å². The van der Waals surface area contributed by atoms with Gasteiger partial charge in [0.15, 0.2) is 0 Å². The monoisotopic (exact) mass is 355 g/mol. The van der Waals surface area contributed by atoms with E-state index in [1.54, 1.807) is 6.92 Å². The van der Waals surface area contributed by atoms with Crippen molar-refractivity contribution in [2.24, 2.45) is 16.1 Å². The van der Waals surface area contributed by atoms with E-state index in [1.807, 2.05) is 13.0 Å². The van der Waals surface area contributed by atoms with Crippen LogP contribution in [0.25, 0.3) is 0 Å². The number of amidine groups is 1. The smallest absolute Gasteiger partial charge is 0.0960 e. The minimum absolute atomic E-state index is 0.0369. The van der Waals surface area contributed by atoms with Crippen molar-refractivity contribution >= 4 is 5.84 Å². The van der Waals surface area contributed by atoms with Crippen molar-refractivity contribution in [1.82, 2.24) is 4.90 Å². The van der Waals surface area contributed by atoms with Crippen molar-refractivity contribution in [3.63, 3.8) is 0 Å². The Balaban J connectivity index is 1.96. The van der Waals surface area contributed by atoms with E-state index in [4.69, 9.17) is 5.73 Å². The molecular formula is C22H33N3O. The van der Waals surface area contributed by atoms with E-state index in [0.29, 0.717) is 5.84 Å². The van der Waals surface area contributed by atoms with Gasteiger partial charge in [-0.25, -0.2) is 4.99 Å². The number of nitrogens with zero attached hydrogens (tertiary/aromatic N) is 2. The fourth-order valence-electron chi connectivity index (χ4n) is 3.82. The number of aryl methyl sites for hydroxylation is 1. The molecule has 1 fully saturated rings. The summed E-state index contributed by atoms with van der Waals surface area (Å²) in [5.74, 6) is 0.552. The number of likely N-dealkylation sites (tertiary alicyclic amines) is 1. The number of benzene rings is 1. The van der Waals surface area contributed by atoms with Crippen LogP contribution in [0.1, 0.15) is 45.1 Å². The van der Waals surface area contributed by atoms with Gasteiger partial charge in [0, 0.05) is 29.9 Å². The lowest BCUT2D eigenvalue weighted by Gasteiger charge is -2.43. The number of nitrogens with two attached hydrogens (primary N) is 1. The topological polar surface area (TPSA) is 61.8 Å². The normalized spacial score (nSPS) is 21.7. The first-order valence-corrected chi connectivity index (χ1v) is 9.52. The molecule has 1 saturated heterocycles. The first-order chi connectivity index (χ1) is 12.4. The SMILES string of the molecule is C=C(/C=C(/C)N=C(C)N)N1CCCC(CO)(CCCc2ccccc2)C1. The summed E-state index contributed by atoms with van der Waals surface area (Å²) in [5.41, 5.74) is 8.79. The number of aliphatic imine (C=N–C) groups is 1. The molecule has 0 amide bonds. The van der Waals surface area contributed by atoms with Crippen molar-refractivity contribution in [3.05, 3.63) is 59.9 Å². The maximum atomic E-state index is 10.1. The average Bonchev–Trinajstić information content (AvgIpc) is 2.62. The third-order valence-electron chi connectivity index (χ3n) is 5.15. The maximum Gasteiger partial charge on any atom is 0.0960 e. The van der Waals surface area contributed by atoms with Gasteiger partial charge in [-0.3, -0.25) is 0 Å². The van der Waals surface area contributed by atoms with Gasteiger partial charge in [0.25, 0.3) is 0 Å². The molecule has 4 heteroatoms. The number of allylic oxidation sites excluding steroid dienone is 2. The molecule has 1 heterocycles. The van der Waals surface area contributed by atoms with Crippen LogP contribution in [-0.4, -0.2) is 35.5 Å². The lowest BCUT2D eigenvalue weighted by atomic mass is 9.76. The number of rotatable bonds is 8. The molecule has 1 atom stereocenters. The summed E-state index contributed by atoms with van der Waals surface area (Å²) in [4.78, 5) is 6.56. The van der Waals surface area contributed by atoms with Crippen LogP contribution in [0, 0.1) is 5.41 Å². The molecular weight excluding hydrogens is 322 g/mol. The van der Waals surface area contributed by atoms with E-state index in [2.05, 4.69) is 46.8 Å². The van der Waals surface area contributed by atoms with Crippen LogP contribution in [0.4, 0.5) is 0 Å². The minimum atomic E-state index is -0.0369. The van der Waals surface area contributed by atoms with Crippen LogP contribution in [0.15, 0.2) is 59.4 Å². The van der Waals surface area contributed by atoms with Crippen molar-refractivity contribution in [2.75, 3.05) is 19.7 Å². The number of aliphatic hydroxyl groups excluding tert-OH is 1. The van der Waals surface area contributed by atoms with Gasteiger partial charge in [-0.15, -0.1) is 0 Å². The summed E-state index contributed by atoms with van der Waals surface area (Å²) < 4.78 is 0. The van der Waals surface area contributed by atoms with Gasteiger partial charge in [0.2, 0.25) is 0 Å². The van der Waals surface area contributed by atoms with Crippen molar-refractivity contribution in [1.29, 1.82) is 0 Å². The lowest BCUT2D eigenvalue weighted by molar-refractivity contribution is 0.0396. The molecule has 0 aromatic heterocycles. The predicted octanol–water partition coefficient (Wildman–Crippen LogP) is 3.88. The summed E-state index contributed by atoms with van der Waals surface area (Å²) in [6, 6.07) is 10.6. The van der Waals surface area contributed by atoms with Crippen LogP contribution in [0.3, 0.4) is 0 Å². The summed E-state index contributed by atoms with van der Waals surface area (Å²) in [6.45, 7) is 9.99. The number of piperidine rings is 1. The molecule has 26 heavy (non-hydrogen) atoms. The lowest BCUT2D eigenvalue weighted by Crippen LogP contribution is -2.44. The molecule has 0 spiro atoms. The molecule has 1 aliphatic rings. The molecule has 1 aliphatic heterocycles. The quantitative estimate of drug-likeness (QED) is 0.423. The molecule has 1 aromatic carbocycles. The predicted molar refractivity (Wildman–Crippen MR) is 110 cm³/mol. The second-order valence-electron chi connectivity index (χ2n) is 7.55. The highest BCUT2D eigenvalue weighted by atomic mass is 16.3. The standard InChI is InChI=1S/C22H33N3O/c1-18(24-20(3)23)15-19(2)25-14-8-13-22(16-25,17-26)12-7-11-21-9-5-4-6-10-21/h4-6,9-10,15,26H,2,7-8,11-14,16-17H2,1,3H3,(H2,23,24)/b18-15-. The van der Waals surface area contributed by atoms with Gasteiger partial charge < -0.3 is 15.7 Å². The first kappa shape index (κ1) is 20.2. The molecule has 0 bridgehead atoms. The number of hydrogen-bond acceptors (Lipinski definition) is 3. The Hall–Kier alpha value is -2.07. The van der Waals surface area contributed by atoms with Crippen molar-refractivity contribution < 1.29 is 5.11 Å². The van der Waals surface area contributed by atoms with E-state index >= 15 is 0 Å².